The molecule has 3 N–H and O–H groups in total. The van der Waals surface area contributed by atoms with E-state index in [4.69, 9.17) is 5.73 Å². The lowest BCUT2D eigenvalue weighted by Gasteiger charge is -2.04. The van der Waals surface area contributed by atoms with Gasteiger partial charge in [-0.1, -0.05) is 37.3 Å². The number of nitrogens with two attached hydrogens (primary N) is 1. The fourth-order valence-corrected chi connectivity index (χ4v) is 1.11. The fourth-order valence-electron chi connectivity index (χ4n) is 1.06. The van der Waals surface area contributed by atoms with Gasteiger partial charge in [-0.25, -0.2) is 0 Å². The molecule has 74 valence electrons. The minimum Gasteiger partial charge on any atom is -0.375 e. The molecule has 3 nitrogen and oxygen atoms in total. The topological polar surface area (TPSA) is 50.4 Å². The maximum absolute atomic E-state index is 5.22. The highest BCUT2D eigenvalue weighted by molar-refractivity contribution is 7.80. The molecule has 0 unspecified atom stereocenters. The quantitative estimate of drug-likeness (QED) is 0.450. The molecule has 0 aromatic heterocycles. The summed E-state index contributed by atoms with van der Waals surface area (Å²) in [5.41, 5.74) is 8.96. The number of hydrogen-bond donors (Lipinski definition) is 2. The monoisotopic (exact) mass is 207 g/mol. The Kier molecular flexibility index (Phi) is 4.07. The molecule has 0 radical (unpaired) electrons. The molecule has 0 bridgehead atoms. The van der Waals surface area contributed by atoms with Gasteiger partial charge >= 0.3 is 0 Å². The summed E-state index contributed by atoms with van der Waals surface area (Å²) >= 11 is 4.62. The average Bonchev–Trinajstić information content (AvgIpc) is 2.18. The van der Waals surface area contributed by atoms with E-state index in [2.05, 4.69) is 41.8 Å². The normalized spacial score (nSPS) is 12.6. The summed E-state index contributed by atoms with van der Waals surface area (Å²) in [4.78, 5) is 0. The predicted octanol–water partition coefficient (Wildman–Crippen LogP) is 1.61. The molecule has 1 atom stereocenters. The Balaban J connectivity index is 2.54. The summed E-state index contributed by atoms with van der Waals surface area (Å²) in [7, 11) is 0. The van der Waals surface area contributed by atoms with Crippen molar-refractivity contribution in [1.82, 2.24) is 5.43 Å². The highest BCUT2D eigenvalue weighted by atomic mass is 32.1. The first-order valence-electron chi connectivity index (χ1n) is 4.33. The average molecular weight is 207 g/mol. The summed E-state index contributed by atoms with van der Waals surface area (Å²) in [6.45, 7) is 2.06. The van der Waals surface area contributed by atoms with E-state index < -0.39 is 0 Å². The molecule has 0 spiro atoms. The number of benzene rings is 1. The zero-order valence-corrected chi connectivity index (χ0v) is 8.79. The predicted molar refractivity (Wildman–Crippen MR) is 63.3 cm³/mol. The van der Waals surface area contributed by atoms with Gasteiger partial charge in [0, 0.05) is 12.1 Å². The van der Waals surface area contributed by atoms with Crippen LogP contribution in [0.25, 0.3) is 0 Å². The van der Waals surface area contributed by atoms with Crippen LogP contribution in [-0.4, -0.2) is 11.3 Å². The second-order valence-electron chi connectivity index (χ2n) is 2.95. The number of hydrogen-bond acceptors (Lipinski definition) is 2. The first-order valence-corrected chi connectivity index (χ1v) is 4.74. The van der Waals surface area contributed by atoms with E-state index >= 15 is 0 Å². The zero-order chi connectivity index (χ0) is 10.4. The van der Waals surface area contributed by atoms with E-state index in [1.807, 2.05) is 18.2 Å². The van der Waals surface area contributed by atoms with Crippen molar-refractivity contribution in [2.24, 2.45) is 10.8 Å². The van der Waals surface area contributed by atoms with Crippen LogP contribution in [0, 0.1) is 0 Å². The number of rotatable bonds is 3. The Bertz CT molecular complexity index is 321. The van der Waals surface area contributed by atoms with Gasteiger partial charge < -0.3 is 5.73 Å². The highest BCUT2D eigenvalue weighted by Gasteiger charge is 1.99. The van der Waals surface area contributed by atoms with Gasteiger partial charge in [0.25, 0.3) is 0 Å². The van der Waals surface area contributed by atoms with Crippen LogP contribution in [0.1, 0.15) is 18.4 Å². The van der Waals surface area contributed by atoms with Gasteiger partial charge in [-0.3, -0.25) is 5.43 Å². The van der Waals surface area contributed by atoms with Crippen LogP contribution in [-0.2, 0) is 0 Å². The summed E-state index contributed by atoms with van der Waals surface area (Å²) in [5, 5.41) is 4.09. The van der Waals surface area contributed by atoms with Gasteiger partial charge in [0.05, 0.1) is 0 Å². The van der Waals surface area contributed by atoms with Gasteiger partial charge in [0.2, 0.25) is 0 Å². The third kappa shape index (κ3) is 3.53. The van der Waals surface area contributed by atoms with E-state index in [1.165, 1.54) is 5.56 Å². The van der Waals surface area contributed by atoms with E-state index in [0.717, 1.165) is 0 Å². The van der Waals surface area contributed by atoms with Gasteiger partial charge in [-0.05, 0) is 17.8 Å². The molecule has 4 heteroatoms. The Hall–Kier alpha value is -1.42. The second-order valence-corrected chi connectivity index (χ2v) is 3.39. The van der Waals surface area contributed by atoms with Crippen molar-refractivity contribution in [2.75, 3.05) is 0 Å². The molecule has 0 fully saturated rings. The van der Waals surface area contributed by atoms with Crippen molar-refractivity contribution < 1.29 is 0 Å². The number of hydrazone groups is 1. The molecule has 1 aromatic carbocycles. The van der Waals surface area contributed by atoms with E-state index in [9.17, 15) is 0 Å². The van der Waals surface area contributed by atoms with Crippen LogP contribution in [0.15, 0.2) is 35.4 Å². The molecule has 0 amide bonds. The minimum atomic E-state index is 0.182. The molecule has 0 saturated carbocycles. The smallest absolute Gasteiger partial charge is 0.184 e. The Morgan fingerprint density at radius 2 is 2.14 bits per heavy atom. The lowest BCUT2D eigenvalue weighted by molar-refractivity contribution is 0.979. The highest BCUT2D eigenvalue weighted by Crippen LogP contribution is 2.11. The minimum absolute atomic E-state index is 0.182. The number of nitrogens with one attached hydrogen (secondary N) is 1. The van der Waals surface area contributed by atoms with Gasteiger partial charge in [-0.2, -0.15) is 5.10 Å². The molecule has 0 saturated heterocycles. The van der Waals surface area contributed by atoms with Crippen molar-refractivity contribution in [3.63, 3.8) is 0 Å². The van der Waals surface area contributed by atoms with E-state index in [1.54, 1.807) is 6.21 Å². The van der Waals surface area contributed by atoms with Gasteiger partial charge in [-0.15, -0.1) is 0 Å². The second kappa shape index (κ2) is 5.34. The van der Waals surface area contributed by atoms with Crippen molar-refractivity contribution in [3.05, 3.63) is 35.9 Å². The Morgan fingerprint density at radius 1 is 1.50 bits per heavy atom. The van der Waals surface area contributed by atoms with Crippen molar-refractivity contribution >= 4 is 23.5 Å². The number of thiocarbonyl (C=S) groups is 1. The largest absolute Gasteiger partial charge is 0.375 e. The standard InChI is InChI=1S/C10H13N3S/c1-8(7-12-13-10(11)14)9-5-3-2-4-6-9/h2-8H,1H3,(H3,11,13,14)/b12-7+/t8-/m0/s1. The molecule has 1 rings (SSSR count). The maximum atomic E-state index is 5.22. The summed E-state index contributed by atoms with van der Waals surface area (Å²) in [6, 6.07) is 10.1. The molecular weight excluding hydrogens is 194 g/mol. The molecule has 14 heavy (non-hydrogen) atoms. The van der Waals surface area contributed by atoms with Crippen molar-refractivity contribution in [3.8, 4) is 0 Å². The molecular formula is C10H13N3S. The first-order chi connectivity index (χ1) is 6.70. The summed E-state index contributed by atoms with van der Waals surface area (Å²) in [5.74, 6) is 0.248. The first kappa shape index (κ1) is 10.7. The van der Waals surface area contributed by atoms with Crippen LogP contribution >= 0.6 is 12.2 Å². The SMILES string of the molecule is C[C@@H](/C=N/NC(N)=S)c1ccccc1. The van der Waals surface area contributed by atoms with Crippen molar-refractivity contribution in [1.29, 1.82) is 0 Å². The third-order valence-electron chi connectivity index (χ3n) is 1.80. The number of nitrogens with zero attached hydrogens (tertiary/aromatic N) is 1. The Labute approximate surface area is 89.0 Å². The fraction of sp³-hybridized carbons (Fsp3) is 0.200. The molecule has 0 aliphatic rings. The molecule has 1 aromatic rings. The maximum Gasteiger partial charge on any atom is 0.184 e. The van der Waals surface area contributed by atoms with Crippen LogP contribution < -0.4 is 11.2 Å². The summed E-state index contributed by atoms with van der Waals surface area (Å²) < 4.78 is 0. The van der Waals surface area contributed by atoms with Crippen molar-refractivity contribution in [2.45, 2.75) is 12.8 Å². The Morgan fingerprint density at radius 3 is 2.71 bits per heavy atom. The zero-order valence-electron chi connectivity index (χ0n) is 7.97. The lowest BCUT2D eigenvalue weighted by atomic mass is 10.0. The molecule has 0 aliphatic carbocycles. The molecule has 0 heterocycles. The van der Waals surface area contributed by atoms with E-state index in [-0.39, 0.29) is 11.0 Å². The van der Waals surface area contributed by atoms with Gasteiger partial charge in [0.15, 0.2) is 5.11 Å². The lowest BCUT2D eigenvalue weighted by Crippen LogP contribution is -2.24. The summed E-state index contributed by atoms with van der Waals surface area (Å²) in [6.07, 6.45) is 1.77. The third-order valence-corrected chi connectivity index (χ3v) is 1.89. The van der Waals surface area contributed by atoms with Crippen LogP contribution in [0.2, 0.25) is 0 Å². The van der Waals surface area contributed by atoms with Crippen LogP contribution in [0.3, 0.4) is 0 Å². The van der Waals surface area contributed by atoms with Crippen LogP contribution in [0.5, 0.6) is 0 Å². The van der Waals surface area contributed by atoms with E-state index in [0.29, 0.717) is 0 Å². The van der Waals surface area contributed by atoms with Gasteiger partial charge in [0.1, 0.15) is 0 Å². The molecule has 0 aliphatic heterocycles. The van der Waals surface area contributed by atoms with Crippen LogP contribution in [0.4, 0.5) is 0 Å².